The maximum absolute atomic E-state index is 8.83. The molecule has 0 amide bonds. The summed E-state index contributed by atoms with van der Waals surface area (Å²) < 4.78 is 0. The lowest BCUT2D eigenvalue weighted by molar-refractivity contribution is 0.311. The van der Waals surface area contributed by atoms with Gasteiger partial charge in [0.25, 0.3) is 0 Å². The molecule has 0 aliphatic carbocycles. The van der Waals surface area contributed by atoms with E-state index in [2.05, 4.69) is 25.2 Å². The van der Waals surface area contributed by atoms with Crippen LogP contribution in [0.3, 0.4) is 0 Å². The highest BCUT2D eigenvalue weighted by Crippen LogP contribution is 2.16. The predicted molar refractivity (Wildman–Crippen MR) is 75.2 cm³/mol. The van der Waals surface area contributed by atoms with Gasteiger partial charge in [-0.3, -0.25) is 0 Å². The van der Waals surface area contributed by atoms with E-state index in [1.54, 1.807) is 0 Å². The van der Waals surface area contributed by atoms with Gasteiger partial charge in [0.05, 0.1) is 6.61 Å². The molecule has 0 aromatic carbocycles. The molecule has 0 spiro atoms. The van der Waals surface area contributed by atoms with Gasteiger partial charge in [0, 0.05) is 38.6 Å². The number of hydrogen-bond acceptors (Lipinski definition) is 5. The van der Waals surface area contributed by atoms with Crippen molar-refractivity contribution in [2.75, 3.05) is 30.4 Å². The second-order valence-corrected chi connectivity index (χ2v) is 4.38. The number of nitrogens with one attached hydrogen (secondary N) is 2. The Morgan fingerprint density at radius 1 is 1.42 bits per heavy atom. The van der Waals surface area contributed by atoms with Gasteiger partial charge in [0.15, 0.2) is 0 Å². The van der Waals surface area contributed by atoms with E-state index < -0.39 is 0 Å². The number of aliphatic hydroxyl groups excluding tert-OH is 1. The fraction of sp³-hybridized carbons (Fsp3) is 0.385. The molecule has 0 saturated heterocycles. The first-order valence-corrected chi connectivity index (χ1v) is 6.22. The summed E-state index contributed by atoms with van der Waals surface area (Å²) in [4.78, 5) is 13.8. The van der Waals surface area contributed by atoms with E-state index in [4.69, 9.17) is 5.11 Å². The maximum Gasteiger partial charge on any atom is 0.134 e. The molecule has 3 N–H and O–H groups in total. The summed E-state index contributed by atoms with van der Waals surface area (Å²) in [7, 11) is 1.99. The lowest BCUT2D eigenvalue weighted by Crippen LogP contribution is -2.19. The van der Waals surface area contributed by atoms with Crippen LogP contribution in [0.15, 0.2) is 24.5 Å². The number of nitrogens with zero attached hydrogens (tertiary/aromatic N) is 3. The zero-order valence-electron chi connectivity index (χ0n) is 11.2. The number of aryl methyl sites for hydroxylation is 1. The number of aromatic nitrogens is 3. The molecule has 0 aliphatic rings. The number of rotatable bonds is 6. The summed E-state index contributed by atoms with van der Waals surface area (Å²) in [5, 5.41) is 11.9. The van der Waals surface area contributed by atoms with Gasteiger partial charge in [-0.1, -0.05) is 0 Å². The molecule has 0 radical (unpaired) electrons. The Bertz CT molecular complexity index is 512. The van der Waals surface area contributed by atoms with E-state index in [-0.39, 0.29) is 6.61 Å². The molecule has 0 fully saturated rings. The monoisotopic (exact) mass is 261 g/mol. The fourth-order valence-corrected chi connectivity index (χ4v) is 1.83. The van der Waals surface area contributed by atoms with Crippen molar-refractivity contribution in [2.45, 2.75) is 13.5 Å². The Hall–Kier alpha value is -2.08. The average molecular weight is 261 g/mol. The van der Waals surface area contributed by atoms with E-state index in [1.807, 2.05) is 38.5 Å². The lowest BCUT2D eigenvalue weighted by atomic mass is 10.3. The topological polar surface area (TPSA) is 77.1 Å². The van der Waals surface area contributed by atoms with E-state index >= 15 is 0 Å². The third-order valence-electron chi connectivity index (χ3n) is 2.72. The van der Waals surface area contributed by atoms with Crippen LogP contribution < -0.4 is 10.2 Å². The summed E-state index contributed by atoms with van der Waals surface area (Å²) in [5.74, 6) is 2.30. The van der Waals surface area contributed by atoms with E-state index in [1.165, 1.54) is 5.56 Å². The summed E-state index contributed by atoms with van der Waals surface area (Å²) in [6.45, 7) is 3.20. The highest BCUT2D eigenvalue weighted by Gasteiger charge is 2.07. The second-order valence-electron chi connectivity index (χ2n) is 4.38. The molecule has 19 heavy (non-hydrogen) atoms. The molecule has 6 heteroatoms. The van der Waals surface area contributed by atoms with E-state index in [9.17, 15) is 0 Å². The Labute approximate surface area is 112 Å². The normalized spacial score (nSPS) is 10.5. The Morgan fingerprint density at radius 3 is 2.95 bits per heavy atom. The van der Waals surface area contributed by atoms with E-state index in [0.29, 0.717) is 12.4 Å². The zero-order chi connectivity index (χ0) is 13.7. The molecule has 0 bridgehead atoms. The molecule has 2 rings (SSSR count). The molecule has 102 valence electrons. The molecule has 0 saturated carbocycles. The highest BCUT2D eigenvalue weighted by molar-refractivity contribution is 5.49. The highest BCUT2D eigenvalue weighted by atomic mass is 16.3. The molecule has 2 aromatic rings. The van der Waals surface area contributed by atoms with Gasteiger partial charge in [-0.25, -0.2) is 9.97 Å². The van der Waals surface area contributed by atoms with Gasteiger partial charge in [-0.05, 0) is 18.6 Å². The van der Waals surface area contributed by atoms with Crippen LogP contribution in [0.4, 0.5) is 11.6 Å². The van der Waals surface area contributed by atoms with Gasteiger partial charge in [-0.15, -0.1) is 0 Å². The maximum atomic E-state index is 8.83. The summed E-state index contributed by atoms with van der Waals surface area (Å²) in [5.41, 5.74) is 1.20. The summed E-state index contributed by atoms with van der Waals surface area (Å²) in [6, 6.07) is 3.92. The molecule has 0 atom stereocenters. The first kappa shape index (κ1) is 13.4. The van der Waals surface area contributed by atoms with Gasteiger partial charge in [0.2, 0.25) is 0 Å². The molecular formula is C13H19N5O. The average Bonchev–Trinajstić information content (AvgIpc) is 2.88. The molecule has 2 aromatic heterocycles. The standard InChI is InChI=1S/C13H19N5O/c1-10-16-12(15-5-6-19)7-13(17-10)18(2)9-11-3-4-14-8-11/h3-4,7-8,14,19H,5-6,9H2,1-2H3,(H,15,16,17). The largest absolute Gasteiger partial charge is 0.395 e. The Morgan fingerprint density at radius 2 is 2.26 bits per heavy atom. The molecular weight excluding hydrogens is 242 g/mol. The predicted octanol–water partition coefficient (Wildman–Crippen LogP) is 1.15. The van der Waals surface area contributed by atoms with Crippen molar-refractivity contribution < 1.29 is 5.11 Å². The van der Waals surface area contributed by atoms with Crippen molar-refractivity contribution in [3.8, 4) is 0 Å². The quantitative estimate of drug-likeness (QED) is 0.727. The van der Waals surface area contributed by atoms with Crippen LogP contribution >= 0.6 is 0 Å². The van der Waals surface area contributed by atoms with Crippen LogP contribution in [0.1, 0.15) is 11.4 Å². The van der Waals surface area contributed by atoms with E-state index in [0.717, 1.165) is 18.2 Å². The molecule has 2 heterocycles. The number of H-pyrrole nitrogens is 1. The van der Waals surface area contributed by atoms with Crippen LogP contribution in [0.25, 0.3) is 0 Å². The van der Waals surface area contributed by atoms with Crippen LogP contribution in [-0.2, 0) is 6.54 Å². The minimum Gasteiger partial charge on any atom is -0.395 e. The van der Waals surface area contributed by atoms with Gasteiger partial charge in [-0.2, -0.15) is 0 Å². The minimum absolute atomic E-state index is 0.0809. The first-order chi connectivity index (χ1) is 9.19. The van der Waals surface area contributed by atoms with Crippen LogP contribution in [0.5, 0.6) is 0 Å². The van der Waals surface area contributed by atoms with Gasteiger partial charge in [0.1, 0.15) is 17.5 Å². The number of anilines is 2. The van der Waals surface area contributed by atoms with Crippen molar-refractivity contribution in [1.29, 1.82) is 0 Å². The summed E-state index contributed by atoms with van der Waals surface area (Å²) >= 11 is 0. The summed E-state index contributed by atoms with van der Waals surface area (Å²) in [6.07, 6.45) is 3.87. The lowest BCUT2D eigenvalue weighted by Gasteiger charge is -2.18. The second kappa shape index (κ2) is 6.19. The smallest absolute Gasteiger partial charge is 0.134 e. The van der Waals surface area contributed by atoms with Crippen LogP contribution in [0, 0.1) is 6.92 Å². The molecule has 0 unspecified atom stereocenters. The van der Waals surface area contributed by atoms with Crippen molar-refractivity contribution in [1.82, 2.24) is 15.0 Å². The van der Waals surface area contributed by atoms with Crippen molar-refractivity contribution in [3.63, 3.8) is 0 Å². The third kappa shape index (κ3) is 3.69. The third-order valence-corrected chi connectivity index (χ3v) is 2.72. The Kier molecular flexibility index (Phi) is 4.35. The number of hydrogen-bond donors (Lipinski definition) is 3. The first-order valence-electron chi connectivity index (χ1n) is 6.22. The van der Waals surface area contributed by atoms with Gasteiger partial charge < -0.3 is 20.3 Å². The van der Waals surface area contributed by atoms with Crippen LogP contribution in [-0.4, -0.2) is 40.3 Å². The van der Waals surface area contributed by atoms with Gasteiger partial charge >= 0.3 is 0 Å². The SMILES string of the molecule is Cc1nc(NCCO)cc(N(C)Cc2cc[nH]c2)n1. The molecule has 6 nitrogen and oxygen atoms in total. The van der Waals surface area contributed by atoms with Crippen molar-refractivity contribution >= 4 is 11.6 Å². The number of aliphatic hydroxyl groups is 1. The molecule has 0 aliphatic heterocycles. The minimum atomic E-state index is 0.0809. The van der Waals surface area contributed by atoms with Crippen molar-refractivity contribution in [2.24, 2.45) is 0 Å². The zero-order valence-corrected chi connectivity index (χ0v) is 11.2. The number of aromatic amines is 1. The fourth-order valence-electron chi connectivity index (χ4n) is 1.83. The van der Waals surface area contributed by atoms with Crippen molar-refractivity contribution in [3.05, 3.63) is 35.9 Å². The Balaban J connectivity index is 2.11. The van der Waals surface area contributed by atoms with Crippen LogP contribution in [0.2, 0.25) is 0 Å².